The molecule has 1 aromatic carbocycles. The first-order valence-corrected chi connectivity index (χ1v) is 7.92. The maximum atomic E-state index is 12.5. The highest BCUT2D eigenvalue weighted by molar-refractivity contribution is 6.31. The van der Waals surface area contributed by atoms with Gasteiger partial charge in [0.2, 0.25) is 0 Å². The first-order valence-electron chi connectivity index (χ1n) is 7.54. The van der Waals surface area contributed by atoms with Crippen LogP contribution in [0.2, 0.25) is 5.02 Å². The summed E-state index contributed by atoms with van der Waals surface area (Å²) in [6, 6.07) is 6.08. The van der Waals surface area contributed by atoms with Gasteiger partial charge in [0, 0.05) is 29.3 Å². The molecule has 4 nitrogen and oxygen atoms in total. The van der Waals surface area contributed by atoms with Gasteiger partial charge in [-0.3, -0.25) is 0 Å². The van der Waals surface area contributed by atoms with Crippen molar-refractivity contribution in [1.29, 1.82) is 0 Å². The Morgan fingerprint density at radius 3 is 2.86 bits per heavy atom. The summed E-state index contributed by atoms with van der Waals surface area (Å²) in [5.41, 5.74) is 1.74. The number of hydrogen-bond donors (Lipinski definition) is 2. The lowest BCUT2D eigenvalue weighted by Crippen LogP contribution is -2.46. The fourth-order valence-electron chi connectivity index (χ4n) is 2.54. The molecule has 0 saturated carbocycles. The van der Waals surface area contributed by atoms with E-state index in [4.69, 9.17) is 11.6 Å². The van der Waals surface area contributed by atoms with Crippen molar-refractivity contribution in [2.75, 3.05) is 18.4 Å². The van der Waals surface area contributed by atoms with Crippen LogP contribution in [0, 0.1) is 6.92 Å². The highest BCUT2D eigenvalue weighted by Crippen LogP contribution is 2.20. The molecule has 0 aliphatic carbocycles. The summed E-state index contributed by atoms with van der Waals surface area (Å²) in [7, 11) is 0. The van der Waals surface area contributed by atoms with Gasteiger partial charge in [0.15, 0.2) is 0 Å². The van der Waals surface area contributed by atoms with Gasteiger partial charge >= 0.3 is 6.03 Å². The summed E-state index contributed by atoms with van der Waals surface area (Å²) >= 11 is 6.10. The molecule has 0 bridgehead atoms. The molecule has 1 fully saturated rings. The molecule has 5 heteroatoms. The first-order chi connectivity index (χ1) is 9.97. The van der Waals surface area contributed by atoms with Gasteiger partial charge in [-0.2, -0.15) is 0 Å². The Labute approximate surface area is 131 Å². The van der Waals surface area contributed by atoms with Crippen LogP contribution in [-0.2, 0) is 0 Å². The topological polar surface area (TPSA) is 44.4 Å². The monoisotopic (exact) mass is 309 g/mol. The fourth-order valence-corrected chi connectivity index (χ4v) is 2.72. The number of hydrogen-bond acceptors (Lipinski definition) is 2. The number of amides is 2. The Hall–Kier alpha value is -1.26. The number of rotatable bonds is 4. The molecule has 2 rings (SSSR count). The lowest BCUT2D eigenvalue weighted by atomic mass is 10.2. The highest BCUT2D eigenvalue weighted by atomic mass is 35.5. The molecule has 116 valence electrons. The van der Waals surface area contributed by atoms with Gasteiger partial charge in [0.1, 0.15) is 0 Å². The number of nitrogens with one attached hydrogen (secondary N) is 2. The van der Waals surface area contributed by atoms with Gasteiger partial charge in [-0.15, -0.1) is 0 Å². The summed E-state index contributed by atoms with van der Waals surface area (Å²) in [6.45, 7) is 7.81. The van der Waals surface area contributed by atoms with E-state index in [1.807, 2.05) is 37.8 Å². The smallest absolute Gasteiger partial charge is 0.321 e. The van der Waals surface area contributed by atoms with E-state index in [-0.39, 0.29) is 12.1 Å². The van der Waals surface area contributed by atoms with Gasteiger partial charge in [0.25, 0.3) is 0 Å². The molecule has 1 aliphatic rings. The largest absolute Gasteiger partial charge is 0.322 e. The van der Waals surface area contributed by atoms with Crippen molar-refractivity contribution in [3.63, 3.8) is 0 Å². The van der Waals surface area contributed by atoms with Crippen LogP contribution in [0.3, 0.4) is 0 Å². The summed E-state index contributed by atoms with van der Waals surface area (Å²) in [6.07, 6.45) is 2.32. The van der Waals surface area contributed by atoms with Crippen molar-refractivity contribution in [2.45, 2.75) is 45.7 Å². The number of anilines is 1. The molecule has 1 aromatic rings. The van der Waals surface area contributed by atoms with Crippen LogP contribution in [0.25, 0.3) is 0 Å². The number of aryl methyl sites for hydroxylation is 1. The van der Waals surface area contributed by atoms with E-state index in [1.54, 1.807) is 6.07 Å². The van der Waals surface area contributed by atoms with E-state index >= 15 is 0 Å². The van der Waals surface area contributed by atoms with E-state index in [0.29, 0.717) is 11.1 Å². The van der Waals surface area contributed by atoms with Crippen LogP contribution in [0.15, 0.2) is 18.2 Å². The van der Waals surface area contributed by atoms with Crippen LogP contribution in [-0.4, -0.2) is 36.1 Å². The van der Waals surface area contributed by atoms with Gasteiger partial charge in [-0.05, 0) is 57.9 Å². The van der Waals surface area contributed by atoms with Crippen LogP contribution in [0.1, 0.15) is 32.3 Å². The Morgan fingerprint density at radius 1 is 1.52 bits per heavy atom. The molecule has 2 N–H and O–H groups in total. The lowest BCUT2D eigenvalue weighted by molar-refractivity contribution is 0.190. The molecule has 1 saturated heterocycles. The molecule has 0 spiro atoms. The molecule has 0 radical (unpaired) electrons. The number of halogens is 1. The van der Waals surface area contributed by atoms with Gasteiger partial charge in [-0.25, -0.2) is 4.79 Å². The third-order valence-corrected chi connectivity index (χ3v) is 4.29. The number of carbonyl (C=O) groups is 1. The standard InChI is InChI=1S/C16H24ClN3O/c1-11(2)20(10-14-5-4-8-18-14)16(21)19-13-7-6-12(3)15(17)9-13/h6-7,9,11,14,18H,4-5,8,10H2,1-3H3,(H,19,21). The quantitative estimate of drug-likeness (QED) is 0.892. The highest BCUT2D eigenvalue weighted by Gasteiger charge is 2.23. The zero-order chi connectivity index (χ0) is 15.4. The van der Waals surface area contributed by atoms with Crippen molar-refractivity contribution >= 4 is 23.3 Å². The van der Waals surface area contributed by atoms with Crippen LogP contribution in [0.4, 0.5) is 10.5 Å². The molecule has 2 amide bonds. The number of benzene rings is 1. The SMILES string of the molecule is Cc1ccc(NC(=O)N(CC2CCCN2)C(C)C)cc1Cl. The predicted molar refractivity (Wildman–Crippen MR) is 88.1 cm³/mol. The summed E-state index contributed by atoms with van der Waals surface area (Å²) in [5, 5.41) is 7.04. The number of urea groups is 1. The maximum Gasteiger partial charge on any atom is 0.322 e. The van der Waals surface area contributed by atoms with E-state index in [2.05, 4.69) is 10.6 Å². The van der Waals surface area contributed by atoms with Crippen molar-refractivity contribution in [3.8, 4) is 0 Å². The zero-order valence-electron chi connectivity index (χ0n) is 12.9. The third-order valence-electron chi connectivity index (χ3n) is 3.89. The Balaban J connectivity index is 2.01. The summed E-state index contributed by atoms with van der Waals surface area (Å²) in [4.78, 5) is 14.4. The third kappa shape index (κ3) is 4.35. The molecular weight excluding hydrogens is 286 g/mol. The first kappa shape index (κ1) is 16.1. The van der Waals surface area contributed by atoms with E-state index in [1.165, 1.54) is 6.42 Å². The minimum absolute atomic E-state index is 0.0707. The molecular formula is C16H24ClN3O. The van der Waals surface area contributed by atoms with Crippen LogP contribution < -0.4 is 10.6 Å². The summed E-state index contributed by atoms with van der Waals surface area (Å²) in [5.74, 6) is 0. The van der Waals surface area contributed by atoms with Crippen molar-refractivity contribution in [1.82, 2.24) is 10.2 Å². The maximum absolute atomic E-state index is 12.5. The Bertz CT molecular complexity index is 498. The summed E-state index contributed by atoms with van der Waals surface area (Å²) < 4.78 is 0. The van der Waals surface area contributed by atoms with Crippen molar-refractivity contribution < 1.29 is 4.79 Å². The average Bonchev–Trinajstić information content (AvgIpc) is 2.93. The minimum Gasteiger partial charge on any atom is -0.321 e. The molecule has 1 atom stereocenters. The second-order valence-electron chi connectivity index (χ2n) is 5.93. The minimum atomic E-state index is -0.0707. The molecule has 1 aliphatic heterocycles. The zero-order valence-corrected chi connectivity index (χ0v) is 13.7. The molecule has 21 heavy (non-hydrogen) atoms. The van der Waals surface area contributed by atoms with Crippen molar-refractivity contribution in [3.05, 3.63) is 28.8 Å². The van der Waals surface area contributed by atoms with E-state index in [9.17, 15) is 4.79 Å². The van der Waals surface area contributed by atoms with Gasteiger partial charge < -0.3 is 15.5 Å². The van der Waals surface area contributed by atoms with E-state index < -0.39 is 0 Å². The predicted octanol–water partition coefficient (Wildman–Crippen LogP) is 3.64. The number of nitrogens with zero attached hydrogens (tertiary/aromatic N) is 1. The Kier molecular flexibility index (Phi) is 5.48. The number of carbonyl (C=O) groups excluding carboxylic acids is 1. The van der Waals surface area contributed by atoms with Gasteiger partial charge in [-0.1, -0.05) is 17.7 Å². The van der Waals surface area contributed by atoms with Crippen LogP contribution in [0.5, 0.6) is 0 Å². The molecule has 0 aromatic heterocycles. The Morgan fingerprint density at radius 2 is 2.29 bits per heavy atom. The normalized spacial score (nSPS) is 18.0. The lowest BCUT2D eigenvalue weighted by Gasteiger charge is -2.29. The molecule has 1 heterocycles. The fraction of sp³-hybridized carbons (Fsp3) is 0.562. The second-order valence-corrected chi connectivity index (χ2v) is 6.34. The van der Waals surface area contributed by atoms with E-state index in [0.717, 1.165) is 30.8 Å². The molecule has 1 unspecified atom stereocenters. The average molecular weight is 310 g/mol. The van der Waals surface area contributed by atoms with Crippen molar-refractivity contribution in [2.24, 2.45) is 0 Å². The van der Waals surface area contributed by atoms with Crippen LogP contribution >= 0.6 is 11.6 Å². The van der Waals surface area contributed by atoms with Gasteiger partial charge in [0.05, 0.1) is 0 Å². The second kappa shape index (κ2) is 7.14.